The summed E-state index contributed by atoms with van der Waals surface area (Å²) >= 11 is 7.58. The average molecular weight is 259 g/mol. The Labute approximate surface area is 107 Å². The van der Waals surface area contributed by atoms with E-state index < -0.39 is 0 Å². The van der Waals surface area contributed by atoms with Crippen molar-refractivity contribution >= 4 is 22.9 Å². The summed E-state index contributed by atoms with van der Waals surface area (Å²) in [6, 6.07) is 5.48. The Morgan fingerprint density at radius 1 is 1.56 bits per heavy atom. The van der Waals surface area contributed by atoms with E-state index in [0.29, 0.717) is 12.1 Å². The second-order valence-corrected chi connectivity index (χ2v) is 6.43. The molecule has 1 aromatic heterocycles. The Morgan fingerprint density at radius 3 is 2.94 bits per heavy atom. The van der Waals surface area contributed by atoms with E-state index in [0.717, 1.165) is 17.3 Å². The lowest BCUT2D eigenvalue weighted by molar-refractivity contribution is 0.327. The van der Waals surface area contributed by atoms with Gasteiger partial charge in [0.15, 0.2) is 0 Å². The molecular weight excluding hydrogens is 240 g/mol. The molecule has 4 heteroatoms. The standard InChI is InChI=1S/C12H19ClN2S/c1-9-7-10(8-15(9)2)14-6-5-11-3-4-12(13)16-11/h3-4,9-10,14H,5-8H2,1-2H3. The van der Waals surface area contributed by atoms with E-state index >= 15 is 0 Å². The highest BCUT2D eigenvalue weighted by Gasteiger charge is 2.25. The first-order valence-corrected chi connectivity index (χ1v) is 7.02. The van der Waals surface area contributed by atoms with Crippen LogP contribution in [-0.4, -0.2) is 37.1 Å². The van der Waals surface area contributed by atoms with Crippen molar-refractivity contribution in [3.8, 4) is 0 Å². The number of likely N-dealkylation sites (N-methyl/N-ethyl adjacent to an activating group) is 1. The molecule has 2 rings (SSSR count). The van der Waals surface area contributed by atoms with Crippen LogP contribution >= 0.6 is 22.9 Å². The fourth-order valence-corrected chi connectivity index (χ4v) is 3.31. The molecule has 2 atom stereocenters. The second kappa shape index (κ2) is 5.50. The molecule has 0 spiro atoms. The highest BCUT2D eigenvalue weighted by Crippen LogP contribution is 2.21. The van der Waals surface area contributed by atoms with Crippen molar-refractivity contribution < 1.29 is 0 Å². The van der Waals surface area contributed by atoms with Crippen LogP contribution in [0.3, 0.4) is 0 Å². The molecular formula is C12H19ClN2S. The Bertz CT molecular complexity index is 330. The van der Waals surface area contributed by atoms with Gasteiger partial charge in [-0.15, -0.1) is 11.3 Å². The Kier molecular flexibility index (Phi) is 4.25. The van der Waals surface area contributed by atoms with E-state index in [1.54, 1.807) is 11.3 Å². The van der Waals surface area contributed by atoms with Crippen LogP contribution in [-0.2, 0) is 6.42 Å². The molecule has 90 valence electrons. The van der Waals surface area contributed by atoms with Crippen molar-refractivity contribution in [2.24, 2.45) is 0 Å². The minimum absolute atomic E-state index is 0.662. The van der Waals surface area contributed by atoms with Crippen molar-refractivity contribution in [3.63, 3.8) is 0 Å². The predicted molar refractivity (Wildman–Crippen MR) is 71.5 cm³/mol. The number of likely N-dealkylation sites (tertiary alicyclic amines) is 1. The number of hydrogen-bond donors (Lipinski definition) is 1. The summed E-state index contributed by atoms with van der Waals surface area (Å²) in [4.78, 5) is 3.79. The van der Waals surface area contributed by atoms with Crippen LogP contribution in [0.15, 0.2) is 12.1 Å². The lowest BCUT2D eigenvalue weighted by Gasteiger charge is -2.13. The van der Waals surface area contributed by atoms with Gasteiger partial charge in [0, 0.05) is 30.1 Å². The van der Waals surface area contributed by atoms with Crippen LogP contribution in [0.4, 0.5) is 0 Å². The first-order valence-electron chi connectivity index (χ1n) is 5.83. The van der Waals surface area contributed by atoms with Gasteiger partial charge in [0.1, 0.15) is 0 Å². The third-order valence-electron chi connectivity index (χ3n) is 3.32. The van der Waals surface area contributed by atoms with Gasteiger partial charge in [-0.05, 0) is 38.9 Å². The molecule has 0 saturated carbocycles. The average Bonchev–Trinajstić information content (AvgIpc) is 2.75. The molecule has 16 heavy (non-hydrogen) atoms. The van der Waals surface area contributed by atoms with Crippen molar-refractivity contribution in [1.29, 1.82) is 0 Å². The van der Waals surface area contributed by atoms with E-state index in [9.17, 15) is 0 Å². The number of nitrogens with zero attached hydrogens (tertiary/aromatic N) is 1. The molecule has 0 aromatic carbocycles. The van der Waals surface area contributed by atoms with E-state index in [-0.39, 0.29) is 0 Å². The quantitative estimate of drug-likeness (QED) is 0.893. The van der Waals surface area contributed by atoms with Crippen molar-refractivity contribution in [1.82, 2.24) is 10.2 Å². The largest absolute Gasteiger partial charge is 0.312 e. The molecule has 0 aliphatic carbocycles. The van der Waals surface area contributed by atoms with Gasteiger partial charge in [-0.25, -0.2) is 0 Å². The SMILES string of the molecule is CC1CC(NCCc2ccc(Cl)s2)CN1C. The van der Waals surface area contributed by atoms with Crippen LogP contribution < -0.4 is 5.32 Å². The molecule has 1 aliphatic heterocycles. The van der Waals surface area contributed by atoms with Crippen molar-refractivity contribution in [3.05, 3.63) is 21.3 Å². The molecule has 2 unspecified atom stereocenters. The van der Waals surface area contributed by atoms with E-state index in [4.69, 9.17) is 11.6 Å². The van der Waals surface area contributed by atoms with Gasteiger partial charge in [-0.3, -0.25) is 0 Å². The number of nitrogens with one attached hydrogen (secondary N) is 1. The Balaban J connectivity index is 1.69. The molecule has 1 saturated heterocycles. The summed E-state index contributed by atoms with van der Waals surface area (Å²) in [5.74, 6) is 0. The zero-order chi connectivity index (χ0) is 11.5. The first-order chi connectivity index (χ1) is 7.65. The summed E-state index contributed by atoms with van der Waals surface area (Å²) < 4.78 is 0.893. The maximum absolute atomic E-state index is 5.90. The highest BCUT2D eigenvalue weighted by atomic mass is 35.5. The van der Waals surface area contributed by atoms with Gasteiger partial charge >= 0.3 is 0 Å². The molecule has 0 amide bonds. The smallest absolute Gasteiger partial charge is 0.0931 e. The molecule has 0 bridgehead atoms. The molecule has 1 aliphatic rings. The van der Waals surface area contributed by atoms with Crippen LogP contribution in [0.5, 0.6) is 0 Å². The maximum Gasteiger partial charge on any atom is 0.0931 e. The van der Waals surface area contributed by atoms with Gasteiger partial charge in [-0.1, -0.05) is 11.6 Å². The van der Waals surface area contributed by atoms with Gasteiger partial charge in [0.2, 0.25) is 0 Å². The third kappa shape index (κ3) is 3.20. The molecule has 2 heterocycles. The Hall–Kier alpha value is -0.0900. The summed E-state index contributed by atoms with van der Waals surface area (Å²) in [6.07, 6.45) is 2.35. The minimum atomic E-state index is 0.662. The molecule has 2 nitrogen and oxygen atoms in total. The van der Waals surface area contributed by atoms with Gasteiger partial charge in [0.05, 0.1) is 4.34 Å². The monoisotopic (exact) mass is 258 g/mol. The van der Waals surface area contributed by atoms with Crippen LogP contribution in [0.25, 0.3) is 0 Å². The lowest BCUT2D eigenvalue weighted by Crippen LogP contribution is -2.32. The summed E-state index contributed by atoms with van der Waals surface area (Å²) in [5, 5.41) is 3.62. The van der Waals surface area contributed by atoms with Crippen LogP contribution in [0.2, 0.25) is 4.34 Å². The normalized spacial score (nSPS) is 26.4. The first kappa shape index (κ1) is 12.4. The third-order valence-corrected chi connectivity index (χ3v) is 4.61. The van der Waals surface area contributed by atoms with Gasteiger partial charge in [-0.2, -0.15) is 0 Å². The fourth-order valence-electron chi connectivity index (χ4n) is 2.23. The van der Waals surface area contributed by atoms with Gasteiger partial charge < -0.3 is 10.2 Å². The molecule has 1 N–H and O–H groups in total. The number of rotatable bonds is 4. The zero-order valence-corrected chi connectivity index (χ0v) is 11.4. The van der Waals surface area contributed by atoms with E-state index in [1.165, 1.54) is 17.8 Å². The Morgan fingerprint density at radius 2 is 2.38 bits per heavy atom. The van der Waals surface area contributed by atoms with Crippen molar-refractivity contribution in [2.45, 2.75) is 31.8 Å². The van der Waals surface area contributed by atoms with Crippen LogP contribution in [0.1, 0.15) is 18.2 Å². The maximum atomic E-state index is 5.90. The lowest BCUT2D eigenvalue weighted by atomic mass is 10.2. The fraction of sp³-hybridized carbons (Fsp3) is 0.667. The number of hydrogen-bond acceptors (Lipinski definition) is 3. The van der Waals surface area contributed by atoms with E-state index in [2.05, 4.69) is 30.3 Å². The van der Waals surface area contributed by atoms with Gasteiger partial charge in [0.25, 0.3) is 0 Å². The summed E-state index contributed by atoms with van der Waals surface area (Å²) in [7, 11) is 2.20. The second-order valence-electron chi connectivity index (χ2n) is 4.63. The van der Waals surface area contributed by atoms with Crippen molar-refractivity contribution in [2.75, 3.05) is 20.1 Å². The molecule has 0 radical (unpaired) electrons. The minimum Gasteiger partial charge on any atom is -0.312 e. The van der Waals surface area contributed by atoms with E-state index in [1.807, 2.05) is 6.07 Å². The number of halogens is 1. The molecule has 1 aromatic rings. The predicted octanol–water partition coefficient (Wildman–Crippen LogP) is 2.63. The highest BCUT2D eigenvalue weighted by molar-refractivity contribution is 7.16. The summed E-state index contributed by atoms with van der Waals surface area (Å²) in [6.45, 7) is 4.52. The molecule has 1 fully saturated rings. The topological polar surface area (TPSA) is 15.3 Å². The van der Waals surface area contributed by atoms with Crippen LogP contribution in [0, 0.1) is 0 Å². The number of thiophene rings is 1. The summed E-state index contributed by atoms with van der Waals surface area (Å²) in [5.41, 5.74) is 0. The zero-order valence-electron chi connectivity index (χ0n) is 9.87.